The summed E-state index contributed by atoms with van der Waals surface area (Å²) in [5, 5.41) is 5.07. The number of nitrogens with zero attached hydrogens (tertiary/aromatic N) is 4. The second kappa shape index (κ2) is 4.03. The maximum Gasteiger partial charge on any atom is 0.164 e. The molecule has 0 bridgehead atoms. The summed E-state index contributed by atoms with van der Waals surface area (Å²) >= 11 is 6.43. The molecule has 0 saturated heterocycles. The standard InChI is InChI=1S/C14H11ClN4/c15-13-10-4-1-5-12(10)18-14-11(8-17-19(13)14)9-3-2-6-16-7-9/h2-3,6-8H,1,4-5H2. The number of fused-ring (bicyclic) bond motifs is 2. The van der Waals surface area contributed by atoms with Crippen molar-refractivity contribution in [1.29, 1.82) is 0 Å². The maximum atomic E-state index is 6.43. The molecule has 19 heavy (non-hydrogen) atoms. The third kappa shape index (κ3) is 1.56. The summed E-state index contributed by atoms with van der Waals surface area (Å²) in [6.45, 7) is 0. The molecule has 0 aliphatic heterocycles. The van der Waals surface area contributed by atoms with Crippen molar-refractivity contribution in [3.05, 3.63) is 47.1 Å². The molecule has 0 atom stereocenters. The van der Waals surface area contributed by atoms with Crippen molar-refractivity contribution >= 4 is 17.2 Å². The fourth-order valence-corrected chi connectivity index (χ4v) is 2.98. The zero-order valence-corrected chi connectivity index (χ0v) is 10.9. The average molecular weight is 271 g/mol. The van der Waals surface area contributed by atoms with E-state index in [4.69, 9.17) is 16.6 Å². The maximum absolute atomic E-state index is 6.43. The van der Waals surface area contributed by atoms with Gasteiger partial charge in [-0.2, -0.15) is 5.10 Å². The molecule has 0 radical (unpaired) electrons. The molecule has 1 aliphatic carbocycles. The predicted molar refractivity (Wildman–Crippen MR) is 73.3 cm³/mol. The Kier molecular flexibility index (Phi) is 2.32. The minimum absolute atomic E-state index is 0.702. The van der Waals surface area contributed by atoms with Crippen molar-refractivity contribution < 1.29 is 0 Å². The summed E-state index contributed by atoms with van der Waals surface area (Å²) in [6, 6.07) is 3.92. The molecule has 3 aromatic rings. The highest BCUT2D eigenvalue weighted by atomic mass is 35.5. The first kappa shape index (κ1) is 10.9. The van der Waals surface area contributed by atoms with Gasteiger partial charge in [0.05, 0.1) is 6.20 Å². The van der Waals surface area contributed by atoms with Gasteiger partial charge in [-0.25, -0.2) is 9.50 Å². The Labute approximate surface area is 115 Å². The van der Waals surface area contributed by atoms with E-state index < -0.39 is 0 Å². The lowest BCUT2D eigenvalue weighted by Crippen LogP contribution is -1.99. The molecular weight excluding hydrogens is 260 g/mol. The van der Waals surface area contributed by atoms with E-state index in [-0.39, 0.29) is 0 Å². The van der Waals surface area contributed by atoms with Gasteiger partial charge in [0, 0.05) is 34.8 Å². The van der Waals surface area contributed by atoms with Gasteiger partial charge < -0.3 is 0 Å². The second-order valence-electron chi connectivity index (χ2n) is 4.72. The highest BCUT2D eigenvalue weighted by Gasteiger charge is 2.21. The third-order valence-corrected chi connectivity index (χ3v) is 3.97. The third-order valence-electron chi connectivity index (χ3n) is 3.58. The van der Waals surface area contributed by atoms with Crippen molar-refractivity contribution in [1.82, 2.24) is 19.6 Å². The summed E-state index contributed by atoms with van der Waals surface area (Å²) in [5.74, 6) is 0. The monoisotopic (exact) mass is 270 g/mol. The van der Waals surface area contributed by atoms with E-state index in [0.29, 0.717) is 5.15 Å². The quantitative estimate of drug-likeness (QED) is 0.639. The zero-order chi connectivity index (χ0) is 12.8. The van der Waals surface area contributed by atoms with Crippen LogP contribution in [0.3, 0.4) is 0 Å². The Balaban J connectivity index is 2.02. The molecule has 0 unspecified atom stereocenters. The van der Waals surface area contributed by atoms with Gasteiger partial charge in [0.15, 0.2) is 5.65 Å². The number of aryl methyl sites for hydroxylation is 1. The highest BCUT2D eigenvalue weighted by molar-refractivity contribution is 6.30. The van der Waals surface area contributed by atoms with Crippen LogP contribution in [-0.4, -0.2) is 19.6 Å². The molecule has 1 aliphatic rings. The van der Waals surface area contributed by atoms with Gasteiger partial charge in [-0.1, -0.05) is 17.7 Å². The van der Waals surface area contributed by atoms with Gasteiger partial charge >= 0.3 is 0 Å². The molecule has 3 aromatic heterocycles. The van der Waals surface area contributed by atoms with Crippen LogP contribution in [-0.2, 0) is 12.8 Å². The van der Waals surface area contributed by atoms with Gasteiger partial charge in [0.2, 0.25) is 0 Å². The number of rotatable bonds is 1. The van der Waals surface area contributed by atoms with Crippen molar-refractivity contribution in [2.24, 2.45) is 0 Å². The summed E-state index contributed by atoms with van der Waals surface area (Å²) in [6.07, 6.45) is 8.51. The van der Waals surface area contributed by atoms with E-state index in [2.05, 4.69) is 10.1 Å². The van der Waals surface area contributed by atoms with E-state index in [0.717, 1.165) is 47.3 Å². The summed E-state index contributed by atoms with van der Waals surface area (Å²) in [7, 11) is 0. The van der Waals surface area contributed by atoms with Crippen LogP contribution in [0.5, 0.6) is 0 Å². The Morgan fingerprint density at radius 3 is 3.00 bits per heavy atom. The first-order valence-electron chi connectivity index (χ1n) is 6.30. The topological polar surface area (TPSA) is 43.1 Å². The largest absolute Gasteiger partial charge is 0.264 e. The number of halogens is 1. The van der Waals surface area contributed by atoms with Crippen LogP contribution < -0.4 is 0 Å². The normalized spacial score (nSPS) is 13.9. The molecule has 4 rings (SSSR count). The average Bonchev–Trinajstić information content (AvgIpc) is 3.07. The first-order valence-corrected chi connectivity index (χ1v) is 6.68. The zero-order valence-electron chi connectivity index (χ0n) is 10.2. The lowest BCUT2D eigenvalue weighted by Gasteiger charge is -2.05. The van der Waals surface area contributed by atoms with Crippen LogP contribution in [0.1, 0.15) is 17.7 Å². The predicted octanol–water partition coefficient (Wildman–Crippen LogP) is 2.93. The molecule has 0 fully saturated rings. The smallest absolute Gasteiger partial charge is 0.164 e. The Hall–Kier alpha value is -1.94. The Morgan fingerprint density at radius 2 is 2.16 bits per heavy atom. The molecule has 0 spiro atoms. The fraction of sp³-hybridized carbons (Fsp3) is 0.214. The molecular formula is C14H11ClN4. The number of aromatic nitrogens is 4. The van der Waals surface area contributed by atoms with E-state index in [1.54, 1.807) is 16.9 Å². The van der Waals surface area contributed by atoms with Crippen molar-refractivity contribution in [3.8, 4) is 11.1 Å². The van der Waals surface area contributed by atoms with Crippen LogP contribution in [0.15, 0.2) is 30.7 Å². The van der Waals surface area contributed by atoms with E-state index in [9.17, 15) is 0 Å². The van der Waals surface area contributed by atoms with Crippen LogP contribution in [0, 0.1) is 0 Å². The van der Waals surface area contributed by atoms with Crippen LogP contribution in [0.2, 0.25) is 5.15 Å². The van der Waals surface area contributed by atoms with Gasteiger partial charge in [-0.3, -0.25) is 4.98 Å². The van der Waals surface area contributed by atoms with Crippen molar-refractivity contribution in [2.75, 3.05) is 0 Å². The fourth-order valence-electron chi connectivity index (χ4n) is 2.65. The number of hydrogen-bond acceptors (Lipinski definition) is 3. The van der Waals surface area contributed by atoms with Gasteiger partial charge in [0.25, 0.3) is 0 Å². The molecule has 5 heteroatoms. The lowest BCUT2D eigenvalue weighted by molar-refractivity contribution is 0.900. The summed E-state index contributed by atoms with van der Waals surface area (Å²) in [4.78, 5) is 8.89. The lowest BCUT2D eigenvalue weighted by atomic mass is 10.1. The molecule has 0 aromatic carbocycles. The van der Waals surface area contributed by atoms with E-state index >= 15 is 0 Å². The Morgan fingerprint density at radius 1 is 1.21 bits per heavy atom. The van der Waals surface area contributed by atoms with E-state index in [1.165, 1.54) is 0 Å². The minimum atomic E-state index is 0.702. The minimum Gasteiger partial charge on any atom is -0.264 e. The SMILES string of the molecule is Clc1c2c(nc3c(-c4cccnc4)cnn13)CCC2. The summed E-state index contributed by atoms with van der Waals surface area (Å²) in [5.41, 5.74) is 5.07. The second-order valence-corrected chi connectivity index (χ2v) is 5.07. The van der Waals surface area contributed by atoms with Crippen LogP contribution in [0.4, 0.5) is 0 Å². The van der Waals surface area contributed by atoms with Gasteiger partial charge in [0.1, 0.15) is 5.15 Å². The molecule has 0 saturated carbocycles. The molecule has 0 amide bonds. The highest BCUT2D eigenvalue weighted by Crippen LogP contribution is 2.31. The molecule has 0 N–H and O–H groups in total. The molecule has 3 heterocycles. The number of pyridine rings is 1. The van der Waals surface area contributed by atoms with Crippen molar-refractivity contribution in [3.63, 3.8) is 0 Å². The Bertz CT molecular complexity index is 764. The molecule has 94 valence electrons. The van der Waals surface area contributed by atoms with Crippen molar-refractivity contribution in [2.45, 2.75) is 19.3 Å². The summed E-state index contributed by atoms with van der Waals surface area (Å²) < 4.78 is 1.73. The van der Waals surface area contributed by atoms with E-state index in [1.807, 2.05) is 18.3 Å². The molecule has 4 nitrogen and oxygen atoms in total. The number of hydrogen-bond donors (Lipinski definition) is 0. The van der Waals surface area contributed by atoms with Gasteiger partial charge in [-0.15, -0.1) is 0 Å². The van der Waals surface area contributed by atoms with Crippen LogP contribution in [0.25, 0.3) is 16.8 Å². The van der Waals surface area contributed by atoms with Gasteiger partial charge in [-0.05, 0) is 25.3 Å². The first-order chi connectivity index (χ1) is 9.34. The van der Waals surface area contributed by atoms with Crippen LogP contribution >= 0.6 is 11.6 Å².